The third kappa shape index (κ3) is 5.74. The monoisotopic (exact) mass is 258 g/mol. The maximum Gasteiger partial charge on any atom is 0.315 e. The lowest BCUT2D eigenvalue weighted by Crippen LogP contribution is -2.08. The van der Waals surface area contributed by atoms with Crippen molar-refractivity contribution in [2.45, 2.75) is 19.8 Å². The Balaban J connectivity index is 2.23. The van der Waals surface area contributed by atoms with Crippen LogP contribution in [0.2, 0.25) is 0 Å². The quantitative estimate of drug-likeness (QED) is 0.467. The summed E-state index contributed by atoms with van der Waals surface area (Å²) in [5.74, 6) is 0.413. The Kier molecular flexibility index (Phi) is 6.97. The molecule has 102 valence electrons. The summed E-state index contributed by atoms with van der Waals surface area (Å²) in [5, 5.41) is 3.74. The Morgan fingerprint density at radius 2 is 2.17 bits per heavy atom. The first-order chi connectivity index (χ1) is 8.76. The predicted octanol–water partition coefficient (Wildman–Crippen LogP) is 0.381. The van der Waals surface area contributed by atoms with Gasteiger partial charge in [-0.3, -0.25) is 4.79 Å². The highest BCUT2D eigenvalue weighted by molar-refractivity contribution is 5.71. The van der Waals surface area contributed by atoms with Crippen molar-refractivity contribution in [2.75, 3.05) is 33.5 Å². The van der Waals surface area contributed by atoms with Crippen LogP contribution in [0.4, 0.5) is 0 Å². The van der Waals surface area contributed by atoms with Crippen molar-refractivity contribution in [3.8, 4) is 0 Å². The highest BCUT2D eigenvalue weighted by Crippen LogP contribution is 2.01. The van der Waals surface area contributed by atoms with Crippen LogP contribution in [0.5, 0.6) is 0 Å². The Labute approximate surface area is 105 Å². The van der Waals surface area contributed by atoms with Gasteiger partial charge in [0.15, 0.2) is 5.82 Å². The molecule has 1 heterocycles. The number of aromatic nitrogens is 2. The first-order valence-corrected chi connectivity index (χ1v) is 5.80. The fraction of sp³-hybridized carbons (Fsp3) is 0.727. The number of hydrogen-bond donors (Lipinski definition) is 0. The van der Waals surface area contributed by atoms with Crippen molar-refractivity contribution in [2.24, 2.45) is 0 Å². The molecule has 0 amide bonds. The van der Waals surface area contributed by atoms with Crippen LogP contribution in [0.3, 0.4) is 0 Å². The van der Waals surface area contributed by atoms with Crippen molar-refractivity contribution < 1.29 is 23.5 Å². The zero-order chi connectivity index (χ0) is 13.2. The van der Waals surface area contributed by atoms with E-state index in [0.29, 0.717) is 38.7 Å². The SMILES string of the molecule is CCOC(=O)Cc1nc(CCOCCOC)no1. The minimum absolute atomic E-state index is 0.00533. The van der Waals surface area contributed by atoms with E-state index in [1.165, 1.54) is 0 Å². The van der Waals surface area contributed by atoms with Crippen LogP contribution in [-0.4, -0.2) is 49.6 Å². The number of esters is 1. The summed E-state index contributed by atoms with van der Waals surface area (Å²) in [6, 6.07) is 0. The molecular formula is C11H18N2O5. The Hall–Kier alpha value is -1.47. The maximum absolute atomic E-state index is 11.2. The molecule has 1 aromatic heterocycles. The predicted molar refractivity (Wildman–Crippen MR) is 61.0 cm³/mol. The third-order valence-electron chi connectivity index (χ3n) is 2.01. The number of rotatable bonds is 9. The second-order valence-electron chi connectivity index (χ2n) is 3.44. The lowest BCUT2D eigenvalue weighted by Gasteiger charge is -2.00. The molecule has 0 aliphatic carbocycles. The van der Waals surface area contributed by atoms with Gasteiger partial charge in [-0.25, -0.2) is 0 Å². The van der Waals surface area contributed by atoms with Gasteiger partial charge in [-0.15, -0.1) is 0 Å². The number of carbonyl (C=O) groups is 1. The Morgan fingerprint density at radius 3 is 2.89 bits per heavy atom. The summed E-state index contributed by atoms with van der Waals surface area (Å²) in [7, 11) is 1.62. The van der Waals surface area contributed by atoms with E-state index >= 15 is 0 Å². The summed E-state index contributed by atoms with van der Waals surface area (Å²) in [6.07, 6.45) is 0.543. The van der Waals surface area contributed by atoms with E-state index in [4.69, 9.17) is 18.7 Å². The number of ether oxygens (including phenoxy) is 3. The summed E-state index contributed by atoms with van der Waals surface area (Å²) < 4.78 is 19.8. The molecule has 0 aliphatic rings. The molecule has 1 aromatic rings. The standard InChI is InChI=1S/C11H18N2O5/c1-3-17-11(14)8-10-12-9(13-18-10)4-5-16-7-6-15-2/h3-8H2,1-2H3. The molecule has 18 heavy (non-hydrogen) atoms. The molecule has 0 bridgehead atoms. The van der Waals surface area contributed by atoms with Crippen LogP contribution in [0.25, 0.3) is 0 Å². The number of nitrogens with zero attached hydrogens (tertiary/aromatic N) is 2. The van der Waals surface area contributed by atoms with Crippen LogP contribution >= 0.6 is 0 Å². The van der Waals surface area contributed by atoms with Crippen molar-refractivity contribution >= 4 is 5.97 Å². The van der Waals surface area contributed by atoms with Gasteiger partial charge in [0.25, 0.3) is 0 Å². The molecule has 0 radical (unpaired) electrons. The lowest BCUT2D eigenvalue weighted by molar-refractivity contribution is -0.142. The zero-order valence-electron chi connectivity index (χ0n) is 10.7. The van der Waals surface area contributed by atoms with Crippen molar-refractivity contribution in [3.63, 3.8) is 0 Å². The van der Waals surface area contributed by atoms with Gasteiger partial charge in [0, 0.05) is 13.5 Å². The van der Waals surface area contributed by atoms with E-state index in [2.05, 4.69) is 10.1 Å². The fourth-order valence-electron chi connectivity index (χ4n) is 1.21. The van der Waals surface area contributed by atoms with E-state index < -0.39 is 0 Å². The second kappa shape index (κ2) is 8.60. The Bertz CT molecular complexity index is 353. The van der Waals surface area contributed by atoms with Crippen molar-refractivity contribution in [1.29, 1.82) is 0 Å². The normalized spacial score (nSPS) is 10.6. The lowest BCUT2D eigenvalue weighted by atomic mass is 10.4. The van der Waals surface area contributed by atoms with Crippen molar-refractivity contribution in [1.82, 2.24) is 10.1 Å². The maximum atomic E-state index is 11.2. The van der Waals surface area contributed by atoms with Gasteiger partial charge in [-0.2, -0.15) is 4.98 Å². The molecule has 0 spiro atoms. The molecule has 0 unspecified atom stereocenters. The molecule has 0 aromatic carbocycles. The first-order valence-electron chi connectivity index (χ1n) is 5.80. The highest BCUT2D eigenvalue weighted by Gasteiger charge is 2.11. The largest absolute Gasteiger partial charge is 0.466 e. The molecule has 0 atom stereocenters. The van der Waals surface area contributed by atoms with Crippen molar-refractivity contribution in [3.05, 3.63) is 11.7 Å². The topological polar surface area (TPSA) is 83.7 Å². The molecule has 0 N–H and O–H groups in total. The molecule has 0 saturated heterocycles. The first kappa shape index (κ1) is 14.6. The summed E-state index contributed by atoms with van der Waals surface area (Å²) >= 11 is 0. The molecule has 0 saturated carbocycles. The van der Waals surface area contributed by atoms with E-state index in [9.17, 15) is 4.79 Å². The summed E-state index contributed by atoms with van der Waals surface area (Å²) in [6.45, 7) is 3.66. The number of hydrogen-bond acceptors (Lipinski definition) is 7. The summed E-state index contributed by atoms with van der Waals surface area (Å²) in [5.41, 5.74) is 0. The van der Waals surface area contributed by atoms with Gasteiger partial charge >= 0.3 is 5.97 Å². The number of carbonyl (C=O) groups excluding carboxylic acids is 1. The van der Waals surface area contributed by atoms with E-state index in [1.807, 2.05) is 0 Å². The van der Waals surface area contributed by atoms with Crippen LogP contribution in [0.15, 0.2) is 4.52 Å². The van der Waals surface area contributed by atoms with Crippen LogP contribution < -0.4 is 0 Å². The van der Waals surface area contributed by atoms with Gasteiger partial charge in [-0.05, 0) is 6.92 Å². The Morgan fingerprint density at radius 1 is 1.33 bits per heavy atom. The van der Waals surface area contributed by atoms with Crippen LogP contribution in [0.1, 0.15) is 18.6 Å². The molecule has 0 aliphatic heterocycles. The zero-order valence-corrected chi connectivity index (χ0v) is 10.7. The van der Waals surface area contributed by atoms with Crippen LogP contribution in [0, 0.1) is 0 Å². The fourth-order valence-corrected chi connectivity index (χ4v) is 1.21. The number of methoxy groups -OCH3 is 1. The van der Waals surface area contributed by atoms with Gasteiger partial charge < -0.3 is 18.7 Å². The van der Waals surface area contributed by atoms with Crippen LogP contribution in [-0.2, 0) is 31.8 Å². The minimum atomic E-state index is -0.371. The van der Waals surface area contributed by atoms with Gasteiger partial charge in [0.2, 0.25) is 5.89 Å². The summed E-state index contributed by atoms with van der Waals surface area (Å²) in [4.78, 5) is 15.2. The van der Waals surface area contributed by atoms with Gasteiger partial charge in [-0.1, -0.05) is 5.16 Å². The minimum Gasteiger partial charge on any atom is -0.466 e. The molecule has 1 rings (SSSR count). The average molecular weight is 258 g/mol. The van der Waals surface area contributed by atoms with E-state index in [0.717, 1.165) is 0 Å². The average Bonchev–Trinajstić information content (AvgIpc) is 2.77. The third-order valence-corrected chi connectivity index (χ3v) is 2.01. The van der Waals surface area contributed by atoms with Gasteiger partial charge in [0.1, 0.15) is 6.42 Å². The smallest absolute Gasteiger partial charge is 0.315 e. The second-order valence-corrected chi connectivity index (χ2v) is 3.44. The van der Waals surface area contributed by atoms with Gasteiger partial charge in [0.05, 0.1) is 26.4 Å². The highest BCUT2D eigenvalue weighted by atomic mass is 16.5. The van der Waals surface area contributed by atoms with E-state index in [1.54, 1.807) is 14.0 Å². The molecule has 7 nitrogen and oxygen atoms in total. The molecule has 0 fully saturated rings. The van der Waals surface area contributed by atoms with E-state index in [-0.39, 0.29) is 18.3 Å². The molecular weight excluding hydrogens is 240 g/mol. The molecule has 7 heteroatoms.